The number of quaternary nitrogens is 1. The fourth-order valence-electron chi connectivity index (χ4n) is 4.07. The van der Waals surface area contributed by atoms with Gasteiger partial charge in [0.05, 0.1) is 34.9 Å². The van der Waals surface area contributed by atoms with E-state index in [1.807, 2.05) is 24.3 Å². The van der Waals surface area contributed by atoms with E-state index in [4.69, 9.17) is 14.2 Å². The van der Waals surface area contributed by atoms with E-state index in [1.54, 1.807) is 26.4 Å². The zero-order valence-corrected chi connectivity index (χ0v) is 16.9. The van der Waals surface area contributed by atoms with Crippen LogP contribution in [0.5, 0.6) is 17.2 Å². The number of carbonyl (C=O) groups excluding carboxylic acids is 1. The molecule has 1 N–H and O–H groups in total. The molecule has 1 unspecified atom stereocenters. The van der Waals surface area contributed by atoms with Crippen LogP contribution < -0.4 is 9.47 Å². The number of aromatic hydroxyl groups is 1. The molecule has 2 aromatic rings. The lowest BCUT2D eigenvalue weighted by atomic mass is 9.86. The van der Waals surface area contributed by atoms with Gasteiger partial charge in [0.2, 0.25) is 0 Å². The van der Waals surface area contributed by atoms with Crippen molar-refractivity contribution in [1.82, 2.24) is 0 Å². The van der Waals surface area contributed by atoms with Crippen molar-refractivity contribution in [1.29, 1.82) is 0 Å². The quantitative estimate of drug-likeness (QED) is 0.611. The Hall–Kier alpha value is -2.73. The zero-order valence-electron chi connectivity index (χ0n) is 16.9. The maximum atomic E-state index is 12.1. The number of ether oxygens (including phenoxy) is 3. The molecule has 0 aliphatic carbocycles. The molecular formula is C22H28NO5+. The molecule has 0 saturated carbocycles. The Morgan fingerprint density at radius 2 is 1.75 bits per heavy atom. The first-order valence-electron chi connectivity index (χ1n) is 9.34. The third kappa shape index (κ3) is 3.92. The summed E-state index contributed by atoms with van der Waals surface area (Å²) >= 11 is 0. The summed E-state index contributed by atoms with van der Waals surface area (Å²) in [4.78, 5) is 12.1. The molecule has 6 heteroatoms. The van der Waals surface area contributed by atoms with E-state index >= 15 is 0 Å². The monoisotopic (exact) mass is 386 g/mol. The molecular weight excluding hydrogens is 358 g/mol. The minimum Gasteiger partial charge on any atom is -0.508 e. The van der Waals surface area contributed by atoms with Crippen LogP contribution in [0, 0.1) is 0 Å². The van der Waals surface area contributed by atoms with E-state index < -0.39 is 0 Å². The summed E-state index contributed by atoms with van der Waals surface area (Å²) in [5, 5.41) is 9.60. The van der Waals surface area contributed by atoms with E-state index in [2.05, 4.69) is 7.05 Å². The van der Waals surface area contributed by atoms with Gasteiger partial charge in [0, 0.05) is 18.4 Å². The molecule has 150 valence electrons. The molecule has 6 nitrogen and oxygen atoms in total. The second kappa shape index (κ2) is 8.10. The van der Waals surface area contributed by atoms with Gasteiger partial charge in [-0.1, -0.05) is 12.1 Å². The standard InChI is InChI=1S/C22H27NO5/c1-23(14-22(25)28-4)10-9-16-12-20(26-2)21(27-3)13-18(16)19(23)11-15-5-7-17(24)8-6-15/h5-8,12-13,19H,9-11,14H2,1-4H3/p+1/t19-,23?/m0/s1. The predicted octanol–water partition coefficient (Wildman–Crippen LogP) is 2.87. The SMILES string of the molecule is COC(=O)C[N+]1(C)CCc2cc(OC)c(OC)cc2[C@@H]1Cc1ccc(O)cc1. The van der Waals surface area contributed by atoms with Gasteiger partial charge in [0.1, 0.15) is 11.8 Å². The Labute approximate surface area is 165 Å². The van der Waals surface area contributed by atoms with Gasteiger partial charge in [0.25, 0.3) is 0 Å². The third-order valence-electron chi connectivity index (χ3n) is 5.73. The van der Waals surface area contributed by atoms with Gasteiger partial charge in [-0.3, -0.25) is 0 Å². The number of nitrogens with zero attached hydrogens (tertiary/aromatic N) is 1. The van der Waals surface area contributed by atoms with Crippen molar-refractivity contribution in [3.05, 3.63) is 53.1 Å². The van der Waals surface area contributed by atoms with Crippen LogP contribution in [0.3, 0.4) is 0 Å². The number of methoxy groups -OCH3 is 3. The largest absolute Gasteiger partial charge is 0.508 e. The number of carbonyl (C=O) groups is 1. The number of benzene rings is 2. The van der Waals surface area contributed by atoms with E-state index in [9.17, 15) is 9.90 Å². The highest BCUT2D eigenvalue weighted by molar-refractivity contribution is 5.70. The molecule has 3 rings (SSSR count). The number of hydrogen-bond donors (Lipinski definition) is 1. The summed E-state index contributed by atoms with van der Waals surface area (Å²) < 4.78 is 16.5. The second-order valence-corrected chi connectivity index (χ2v) is 7.48. The van der Waals surface area contributed by atoms with Crippen LogP contribution in [0.15, 0.2) is 36.4 Å². The topological polar surface area (TPSA) is 65.0 Å². The molecule has 0 fully saturated rings. The summed E-state index contributed by atoms with van der Waals surface area (Å²) in [6.07, 6.45) is 1.57. The van der Waals surface area contributed by atoms with Gasteiger partial charge >= 0.3 is 5.97 Å². The smallest absolute Gasteiger partial charge is 0.361 e. The van der Waals surface area contributed by atoms with Crippen molar-refractivity contribution in [2.45, 2.75) is 18.9 Å². The van der Waals surface area contributed by atoms with Crippen molar-refractivity contribution < 1.29 is 28.6 Å². The summed E-state index contributed by atoms with van der Waals surface area (Å²) in [6, 6.07) is 11.4. The lowest BCUT2D eigenvalue weighted by Crippen LogP contribution is -2.54. The molecule has 0 amide bonds. The summed E-state index contributed by atoms with van der Waals surface area (Å²) in [5.74, 6) is 1.42. The maximum Gasteiger partial charge on any atom is 0.361 e. The first-order chi connectivity index (χ1) is 13.4. The minimum atomic E-state index is -0.220. The predicted molar refractivity (Wildman–Crippen MR) is 106 cm³/mol. The Balaban J connectivity index is 2.06. The van der Waals surface area contributed by atoms with Gasteiger partial charge in [-0.25, -0.2) is 4.79 Å². The molecule has 1 heterocycles. The number of likely N-dealkylation sites (N-methyl/N-ethyl adjacent to an activating group) is 1. The van der Waals surface area contributed by atoms with E-state index in [1.165, 1.54) is 12.7 Å². The number of hydrogen-bond acceptors (Lipinski definition) is 5. The molecule has 0 bridgehead atoms. The molecule has 0 saturated heterocycles. The summed E-state index contributed by atoms with van der Waals surface area (Å²) in [5.41, 5.74) is 3.46. The van der Waals surface area contributed by atoms with Crippen LogP contribution in [0.25, 0.3) is 0 Å². The number of rotatable bonds is 6. The number of phenols is 1. The highest BCUT2D eigenvalue weighted by Crippen LogP contribution is 2.42. The Morgan fingerprint density at radius 1 is 1.11 bits per heavy atom. The number of esters is 1. The minimum absolute atomic E-state index is 0.0483. The molecule has 0 aromatic heterocycles. The van der Waals surface area contributed by atoms with Crippen molar-refractivity contribution in [3.8, 4) is 17.2 Å². The Kier molecular flexibility index (Phi) is 5.79. The lowest BCUT2D eigenvalue weighted by molar-refractivity contribution is -0.934. The Bertz CT molecular complexity index is 849. The van der Waals surface area contributed by atoms with Crippen LogP contribution in [-0.2, 0) is 22.4 Å². The Morgan fingerprint density at radius 3 is 2.36 bits per heavy atom. The van der Waals surface area contributed by atoms with E-state index in [0.29, 0.717) is 22.5 Å². The lowest BCUT2D eigenvalue weighted by Gasteiger charge is -2.45. The average molecular weight is 386 g/mol. The normalized spacial score (nSPS) is 20.9. The van der Waals surface area contributed by atoms with E-state index in [-0.39, 0.29) is 17.8 Å². The van der Waals surface area contributed by atoms with Gasteiger partial charge in [0.15, 0.2) is 18.0 Å². The highest BCUT2D eigenvalue weighted by atomic mass is 16.5. The van der Waals surface area contributed by atoms with E-state index in [0.717, 1.165) is 30.5 Å². The van der Waals surface area contributed by atoms with Crippen LogP contribution in [-0.4, -0.2) is 57.0 Å². The fourth-order valence-corrected chi connectivity index (χ4v) is 4.07. The molecule has 28 heavy (non-hydrogen) atoms. The van der Waals surface area contributed by atoms with Gasteiger partial charge in [-0.2, -0.15) is 0 Å². The maximum absolute atomic E-state index is 12.1. The van der Waals surface area contributed by atoms with Crippen molar-refractivity contribution in [2.24, 2.45) is 0 Å². The highest BCUT2D eigenvalue weighted by Gasteiger charge is 2.41. The molecule has 1 aliphatic heterocycles. The number of phenolic OH excluding ortho intramolecular Hbond substituents is 1. The fraction of sp³-hybridized carbons (Fsp3) is 0.409. The van der Waals surface area contributed by atoms with Gasteiger partial charge < -0.3 is 23.8 Å². The van der Waals surface area contributed by atoms with Gasteiger partial charge in [-0.05, 0) is 35.4 Å². The van der Waals surface area contributed by atoms with Crippen LogP contribution in [0.2, 0.25) is 0 Å². The molecule has 0 spiro atoms. The second-order valence-electron chi connectivity index (χ2n) is 7.48. The van der Waals surface area contributed by atoms with Crippen LogP contribution >= 0.6 is 0 Å². The van der Waals surface area contributed by atoms with Crippen LogP contribution in [0.1, 0.15) is 22.7 Å². The first kappa shape index (κ1) is 20.0. The van der Waals surface area contributed by atoms with Gasteiger partial charge in [-0.15, -0.1) is 0 Å². The van der Waals surface area contributed by atoms with Crippen molar-refractivity contribution in [3.63, 3.8) is 0 Å². The molecule has 2 atom stereocenters. The number of fused-ring (bicyclic) bond motifs is 1. The van der Waals surface area contributed by atoms with Crippen molar-refractivity contribution >= 4 is 5.97 Å². The average Bonchev–Trinajstić information content (AvgIpc) is 2.70. The van der Waals surface area contributed by atoms with Crippen LogP contribution in [0.4, 0.5) is 0 Å². The first-order valence-corrected chi connectivity index (χ1v) is 9.34. The molecule has 0 radical (unpaired) electrons. The third-order valence-corrected chi connectivity index (χ3v) is 5.73. The van der Waals surface area contributed by atoms with Crippen molar-refractivity contribution in [2.75, 3.05) is 41.5 Å². The zero-order chi connectivity index (χ0) is 20.3. The summed E-state index contributed by atoms with van der Waals surface area (Å²) in [7, 11) is 6.79. The molecule has 1 aliphatic rings. The summed E-state index contributed by atoms with van der Waals surface area (Å²) in [6.45, 7) is 1.12. The molecule has 2 aromatic carbocycles.